The van der Waals surface area contributed by atoms with E-state index in [1.807, 2.05) is 0 Å². The van der Waals surface area contributed by atoms with Gasteiger partial charge in [0.2, 0.25) is 0 Å². The van der Waals surface area contributed by atoms with Crippen molar-refractivity contribution in [3.05, 3.63) is 35.4 Å². The molecule has 2 aliphatic rings. The van der Waals surface area contributed by atoms with E-state index in [1.54, 1.807) is 0 Å². The molecule has 0 aliphatic carbocycles. The van der Waals surface area contributed by atoms with Gasteiger partial charge in [0.05, 0.1) is 0 Å². The average molecular weight is 287 g/mol. The van der Waals surface area contributed by atoms with Crippen molar-refractivity contribution in [2.24, 2.45) is 0 Å². The third kappa shape index (κ3) is 3.85. The zero-order valence-electron chi connectivity index (χ0n) is 13.5. The lowest BCUT2D eigenvalue weighted by Crippen LogP contribution is -2.31. The van der Waals surface area contributed by atoms with Gasteiger partial charge in [0.15, 0.2) is 0 Å². The van der Waals surface area contributed by atoms with Crippen molar-refractivity contribution in [3.63, 3.8) is 0 Å². The zero-order chi connectivity index (χ0) is 14.7. The fraction of sp³-hybridized carbons (Fsp3) is 0.667. The van der Waals surface area contributed by atoms with Crippen LogP contribution in [0.25, 0.3) is 0 Å². The van der Waals surface area contributed by atoms with Crippen LogP contribution in [0.4, 0.5) is 0 Å². The number of nitrogens with zero attached hydrogens (tertiary/aromatic N) is 2. The monoisotopic (exact) mass is 287 g/mol. The predicted molar refractivity (Wildman–Crippen MR) is 88.7 cm³/mol. The van der Waals surface area contributed by atoms with Gasteiger partial charge in [0.1, 0.15) is 0 Å². The molecule has 1 aromatic rings. The first-order valence-electron chi connectivity index (χ1n) is 8.41. The smallest absolute Gasteiger partial charge is 0.0234 e. The highest BCUT2D eigenvalue weighted by Crippen LogP contribution is 2.25. The molecule has 0 unspecified atom stereocenters. The van der Waals surface area contributed by atoms with Gasteiger partial charge >= 0.3 is 0 Å². The second kappa shape index (κ2) is 6.91. The number of likely N-dealkylation sites (tertiary alicyclic amines) is 1. The van der Waals surface area contributed by atoms with Crippen molar-refractivity contribution in [3.8, 4) is 0 Å². The van der Waals surface area contributed by atoms with E-state index in [1.165, 1.54) is 56.6 Å². The minimum atomic E-state index is 0.735. The van der Waals surface area contributed by atoms with Gasteiger partial charge in [-0.05, 0) is 63.5 Å². The molecule has 0 saturated carbocycles. The van der Waals surface area contributed by atoms with Gasteiger partial charge in [-0.25, -0.2) is 0 Å². The van der Waals surface area contributed by atoms with E-state index in [0.717, 1.165) is 18.5 Å². The van der Waals surface area contributed by atoms with E-state index in [9.17, 15) is 0 Å². The number of hydrogen-bond acceptors (Lipinski definition) is 3. The van der Waals surface area contributed by atoms with Crippen LogP contribution in [-0.2, 0) is 6.54 Å². The topological polar surface area (TPSA) is 18.5 Å². The number of benzene rings is 1. The van der Waals surface area contributed by atoms with E-state index in [0.29, 0.717) is 0 Å². The molecule has 0 spiro atoms. The maximum Gasteiger partial charge on any atom is 0.0234 e. The molecule has 3 rings (SSSR count). The minimum Gasteiger partial charge on any atom is -0.317 e. The number of rotatable bonds is 4. The first-order chi connectivity index (χ1) is 10.2. The maximum atomic E-state index is 3.45. The van der Waals surface area contributed by atoms with Gasteiger partial charge in [0, 0.05) is 25.7 Å². The van der Waals surface area contributed by atoms with Crippen LogP contribution in [0.3, 0.4) is 0 Å². The van der Waals surface area contributed by atoms with Gasteiger partial charge in [-0.2, -0.15) is 0 Å². The van der Waals surface area contributed by atoms with Gasteiger partial charge in [-0.3, -0.25) is 4.90 Å². The second-order valence-corrected chi connectivity index (χ2v) is 6.91. The highest BCUT2D eigenvalue weighted by molar-refractivity contribution is 5.26. The lowest BCUT2D eigenvalue weighted by Gasteiger charge is -2.23. The van der Waals surface area contributed by atoms with Crippen molar-refractivity contribution >= 4 is 0 Å². The summed E-state index contributed by atoms with van der Waals surface area (Å²) in [6, 6.07) is 10.2. The summed E-state index contributed by atoms with van der Waals surface area (Å²) >= 11 is 0. The molecular formula is C18H29N3. The molecule has 1 N–H and O–H groups in total. The SMILES string of the molecule is CN(C)[C@@H]1CCN(Cc2ccc(C3CCNCC3)cc2)C1. The number of hydrogen-bond donors (Lipinski definition) is 1. The Kier molecular flexibility index (Phi) is 4.94. The fourth-order valence-electron chi connectivity index (χ4n) is 3.69. The third-order valence-corrected chi connectivity index (χ3v) is 5.17. The average Bonchev–Trinajstić information content (AvgIpc) is 2.98. The number of piperidine rings is 1. The molecule has 0 amide bonds. The maximum absolute atomic E-state index is 3.45. The third-order valence-electron chi connectivity index (χ3n) is 5.17. The standard InChI is InChI=1S/C18H29N3/c1-20(2)18-9-12-21(14-18)13-15-3-5-16(6-4-15)17-7-10-19-11-8-17/h3-6,17-19H,7-14H2,1-2H3/t18-/m1/s1. The second-order valence-electron chi connectivity index (χ2n) is 6.91. The van der Waals surface area contributed by atoms with Crippen molar-refractivity contribution in [2.45, 2.75) is 37.8 Å². The molecule has 3 nitrogen and oxygen atoms in total. The summed E-state index contributed by atoms with van der Waals surface area (Å²) in [5.74, 6) is 0.769. The van der Waals surface area contributed by atoms with Crippen LogP contribution in [0.1, 0.15) is 36.3 Å². The van der Waals surface area contributed by atoms with Crippen LogP contribution in [0.2, 0.25) is 0 Å². The Balaban J connectivity index is 1.55. The Morgan fingerprint density at radius 3 is 2.43 bits per heavy atom. The molecule has 1 atom stereocenters. The summed E-state index contributed by atoms with van der Waals surface area (Å²) in [7, 11) is 4.39. The summed E-state index contributed by atoms with van der Waals surface area (Å²) < 4.78 is 0. The minimum absolute atomic E-state index is 0.735. The lowest BCUT2D eigenvalue weighted by atomic mass is 9.90. The van der Waals surface area contributed by atoms with E-state index >= 15 is 0 Å². The Bertz CT molecular complexity index is 434. The summed E-state index contributed by atoms with van der Waals surface area (Å²) in [6.45, 7) is 5.90. The van der Waals surface area contributed by atoms with Crippen molar-refractivity contribution < 1.29 is 0 Å². The van der Waals surface area contributed by atoms with Crippen LogP contribution in [-0.4, -0.2) is 56.1 Å². The van der Waals surface area contributed by atoms with Crippen LogP contribution in [0.5, 0.6) is 0 Å². The van der Waals surface area contributed by atoms with E-state index in [4.69, 9.17) is 0 Å². The molecule has 0 bridgehead atoms. The van der Waals surface area contributed by atoms with Gasteiger partial charge in [-0.1, -0.05) is 24.3 Å². The normalized spacial score (nSPS) is 24.8. The van der Waals surface area contributed by atoms with Gasteiger partial charge < -0.3 is 10.2 Å². The number of likely N-dealkylation sites (N-methyl/N-ethyl adjacent to an activating group) is 1. The largest absolute Gasteiger partial charge is 0.317 e. The molecule has 2 fully saturated rings. The Morgan fingerprint density at radius 1 is 1.10 bits per heavy atom. The molecule has 2 heterocycles. The zero-order valence-corrected chi connectivity index (χ0v) is 13.5. The quantitative estimate of drug-likeness (QED) is 0.916. The molecule has 2 aliphatic heterocycles. The lowest BCUT2D eigenvalue weighted by molar-refractivity contribution is 0.264. The molecule has 116 valence electrons. The van der Waals surface area contributed by atoms with Gasteiger partial charge in [-0.15, -0.1) is 0 Å². The van der Waals surface area contributed by atoms with Crippen molar-refractivity contribution in [1.82, 2.24) is 15.1 Å². The van der Waals surface area contributed by atoms with Crippen LogP contribution >= 0.6 is 0 Å². The van der Waals surface area contributed by atoms with E-state index < -0.39 is 0 Å². The van der Waals surface area contributed by atoms with Crippen LogP contribution in [0.15, 0.2) is 24.3 Å². The summed E-state index contributed by atoms with van der Waals surface area (Å²) in [5, 5.41) is 3.45. The Morgan fingerprint density at radius 2 is 1.81 bits per heavy atom. The fourth-order valence-corrected chi connectivity index (χ4v) is 3.69. The highest BCUT2D eigenvalue weighted by atomic mass is 15.2. The van der Waals surface area contributed by atoms with Crippen molar-refractivity contribution in [1.29, 1.82) is 0 Å². The summed E-state index contributed by atoms with van der Waals surface area (Å²) in [5.41, 5.74) is 3.00. The molecule has 1 aromatic carbocycles. The first-order valence-corrected chi connectivity index (χ1v) is 8.41. The number of nitrogens with one attached hydrogen (secondary N) is 1. The molecule has 0 radical (unpaired) electrons. The molecule has 21 heavy (non-hydrogen) atoms. The van der Waals surface area contributed by atoms with Crippen LogP contribution in [0, 0.1) is 0 Å². The van der Waals surface area contributed by atoms with E-state index in [2.05, 4.69) is 53.5 Å². The predicted octanol–water partition coefficient (Wildman–Crippen LogP) is 2.29. The van der Waals surface area contributed by atoms with E-state index in [-0.39, 0.29) is 0 Å². The Hall–Kier alpha value is -0.900. The van der Waals surface area contributed by atoms with Gasteiger partial charge in [0.25, 0.3) is 0 Å². The Labute approximate surface area is 129 Å². The molecule has 3 heteroatoms. The molecule has 0 aromatic heterocycles. The van der Waals surface area contributed by atoms with Crippen LogP contribution < -0.4 is 5.32 Å². The molecular weight excluding hydrogens is 258 g/mol. The van der Waals surface area contributed by atoms with Crippen molar-refractivity contribution in [2.75, 3.05) is 40.3 Å². The first kappa shape index (κ1) is 15.0. The highest BCUT2D eigenvalue weighted by Gasteiger charge is 2.23. The molecule has 2 saturated heterocycles. The summed E-state index contributed by atoms with van der Waals surface area (Å²) in [6.07, 6.45) is 3.88. The summed E-state index contributed by atoms with van der Waals surface area (Å²) in [4.78, 5) is 4.95.